The summed E-state index contributed by atoms with van der Waals surface area (Å²) < 4.78 is 11.3. The van der Waals surface area contributed by atoms with Gasteiger partial charge in [0.25, 0.3) is 0 Å². The molecule has 0 aliphatic carbocycles. The number of hydrogen-bond donors (Lipinski definition) is 1. The third kappa shape index (κ3) is 4.41. The minimum Gasteiger partial charge on any atom is -0.381 e. The van der Waals surface area contributed by atoms with Crippen molar-refractivity contribution in [1.82, 2.24) is 15.2 Å². The molecule has 4 heterocycles. The summed E-state index contributed by atoms with van der Waals surface area (Å²) in [5, 5.41) is 3.46. The van der Waals surface area contributed by atoms with Crippen LogP contribution in [0.15, 0.2) is 23.3 Å². The fraction of sp³-hybridized carbons (Fsp3) is 0.714. The zero-order chi connectivity index (χ0) is 19.4. The van der Waals surface area contributed by atoms with Gasteiger partial charge in [-0.25, -0.2) is 9.98 Å². The van der Waals surface area contributed by atoms with E-state index in [1.165, 1.54) is 12.8 Å². The summed E-state index contributed by atoms with van der Waals surface area (Å²) in [5.41, 5.74) is 1.48. The van der Waals surface area contributed by atoms with E-state index in [9.17, 15) is 0 Å². The number of pyridine rings is 1. The van der Waals surface area contributed by atoms with Crippen molar-refractivity contribution in [2.24, 2.45) is 10.4 Å². The maximum atomic E-state index is 5.66. The smallest absolute Gasteiger partial charge is 0.194 e. The van der Waals surface area contributed by atoms with Crippen LogP contribution in [0.25, 0.3) is 0 Å². The van der Waals surface area contributed by atoms with E-state index in [0.29, 0.717) is 12.0 Å². The zero-order valence-corrected chi connectivity index (χ0v) is 17.2. The van der Waals surface area contributed by atoms with Crippen molar-refractivity contribution in [3.05, 3.63) is 23.9 Å². The molecule has 1 aromatic heterocycles. The van der Waals surface area contributed by atoms with Crippen molar-refractivity contribution in [1.29, 1.82) is 0 Å². The van der Waals surface area contributed by atoms with Gasteiger partial charge in [0, 0.05) is 50.9 Å². The molecule has 28 heavy (non-hydrogen) atoms. The number of aromatic nitrogens is 1. The van der Waals surface area contributed by atoms with Crippen molar-refractivity contribution in [2.75, 3.05) is 57.4 Å². The number of nitrogens with one attached hydrogen (secondary N) is 1. The van der Waals surface area contributed by atoms with Gasteiger partial charge >= 0.3 is 0 Å². The summed E-state index contributed by atoms with van der Waals surface area (Å²) >= 11 is 0. The molecule has 1 N–H and O–H groups in total. The van der Waals surface area contributed by atoms with Crippen LogP contribution in [0.4, 0.5) is 5.82 Å². The molecular weight excluding hydrogens is 354 g/mol. The molecule has 0 saturated carbocycles. The monoisotopic (exact) mass is 387 g/mol. The lowest BCUT2D eigenvalue weighted by molar-refractivity contribution is 0.0529. The van der Waals surface area contributed by atoms with Crippen LogP contribution in [-0.2, 0) is 16.0 Å². The van der Waals surface area contributed by atoms with Crippen molar-refractivity contribution in [3.8, 4) is 0 Å². The van der Waals surface area contributed by atoms with Crippen molar-refractivity contribution >= 4 is 11.8 Å². The molecule has 2 atom stereocenters. The van der Waals surface area contributed by atoms with Crippen LogP contribution in [-0.4, -0.2) is 74.5 Å². The van der Waals surface area contributed by atoms with Gasteiger partial charge in [0.2, 0.25) is 0 Å². The van der Waals surface area contributed by atoms with E-state index in [-0.39, 0.29) is 6.10 Å². The largest absolute Gasteiger partial charge is 0.381 e. The van der Waals surface area contributed by atoms with Gasteiger partial charge in [-0.3, -0.25) is 0 Å². The molecule has 4 rings (SSSR count). The average Bonchev–Trinajstić information content (AvgIpc) is 3.35. The Morgan fingerprint density at radius 1 is 1.32 bits per heavy atom. The number of aliphatic imine (C=N–C) groups is 1. The van der Waals surface area contributed by atoms with E-state index in [0.717, 1.165) is 69.9 Å². The second-order valence-electron chi connectivity index (χ2n) is 8.30. The van der Waals surface area contributed by atoms with Gasteiger partial charge in [0.1, 0.15) is 5.82 Å². The average molecular weight is 388 g/mol. The number of likely N-dealkylation sites (tertiary alicyclic amines) is 1. The van der Waals surface area contributed by atoms with E-state index >= 15 is 0 Å². The first kappa shape index (κ1) is 19.5. The third-order valence-corrected chi connectivity index (χ3v) is 6.04. The van der Waals surface area contributed by atoms with Gasteiger partial charge in [0.05, 0.1) is 25.9 Å². The summed E-state index contributed by atoms with van der Waals surface area (Å²) in [6.45, 7) is 12.2. The molecule has 0 aromatic carbocycles. The molecule has 0 amide bonds. The Morgan fingerprint density at radius 3 is 2.96 bits per heavy atom. The molecule has 1 aromatic rings. The highest BCUT2D eigenvalue weighted by Crippen LogP contribution is 2.38. The SMILES string of the molecule is CCNC(=NCc1ccc(N2CCOC(C)C2)nc1)N1CCC2(CCOC2)C1. The Morgan fingerprint density at radius 2 is 2.25 bits per heavy atom. The molecule has 0 radical (unpaired) electrons. The summed E-state index contributed by atoms with van der Waals surface area (Å²) in [4.78, 5) is 14.2. The highest BCUT2D eigenvalue weighted by molar-refractivity contribution is 5.80. The normalized spacial score (nSPS) is 28.4. The Balaban J connectivity index is 1.38. The van der Waals surface area contributed by atoms with Crippen LogP contribution in [0.1, 0.15) is 32.3 Å². The minimum absolute atomic E-state index is 0.261. The number of rotatable bonds is 4. The van der Waals surface area contributed by atoms with Gasteiger partial charge < -0.3 is 24.6 Å². The molecule has 0 bridgehead atoms. The van der Waals surface area contributed by atoms with E-state index < -0.39 is 0 Å². The predicted octanol–water partition coefficient (Wildman–Crippen LogP) is 1.88. The maximum absolute atomic E-state index is 5.66. The topological polar surface area (TPSA) is 62.2 Å². The standard InChI is InChI=1S/C21H33N5O2/c1-3-22-20(26-8-6-21(15-26)7-10-27-16-21)24-13-18-4-5-19(23-12-18)25-9-11-28-17(2)14-25/h4-5,12,17H,3,6-11,13-16H2,1-2H3,(H,22,24). The number of hydrogen-bond acceptors (Lipinski definition) is 5. The molecule has 1 spiro atoms. The lowest BCUT2D eigenvalue weighted by Gasteiger charge is -2.32. The molecule has 7 nitrogen and oxygen atoms in total. The van der Waals surface area contributed by atoms with Crippen molar-refractivity contribution in [3.63, 3.8) is 0 Å². The molecule has 3 aliphatic rings. The Hall–Kier alpha value is -1.86. The Bertz CT molecular complexity index is 672. The Kier molecular flexibility index (Phi) is 6.01. The molecule has 3 aliphatic heterocycles. The van der Waals surface area contributed by atoms with Crippen LogP contribution in [0, 0.1) is 5.41 Å². The summed E-state index contributed by atoms with van der Waals surface area (Å²) in [5.74, 6) is 2.04. The van der Waals surface area contributed by atoms with Gasteiger partial charge in [0.15, 0.2) is 5.96 Å². The zero-order valence-electron chi connectivity index (χ0n) is 17.2. The third-order valence-electron chi connectivity index (χ3n) is 6.04. The van der Waals surface area contributed by atoms with Crippen LogP contribution < -0.4 is 10.2 Å². The van der Waals surface area contributed by atoms with Gasteiger partial charge in [-0.2, -0.15) is 0 Å². The second kappa shape index (κ2) is 8.66. The van der Waals surface area contributed by atoms with E-state index in [4.69, 9.17) is 14.5 Å². The molecular formula is C21H33N5O2. The van der Waals surface area contributed by atoms with E-state index in [1.54, 1.807) is 0 Å². The van der Waals surface area contributed by atoms with Crippen molar-refractivity contribution in [2.45, 2.75) is 39.3 Å². The van der Waals surface area contributed by atoms with Crippen LogP contribution in [0.3, 0.4) is 0 Å². The predicted molar refractivity (Wildman–Crippen MR) is 111 cm³/mol. The number of morpholine rings is 1. The first-order chi connectivity index (χ1) is 13.7. The molecule has 3 saturated heterocycles. The summed E-state index contributed by atoms with van der Waals surface area (Å²) in [7, 11) is 0. The quantitative estimate of drug-likeness (QED) is 0.629. The number of anilines is 1. The summed E-state index contributed by atoms with van der Waals surface area (Å²) in [6.07, 6.45) is 4.59. The first-order valence-corrected chi connectivity index (χ1v) is 10.6. The second-order valence-corrected chi connectivity index (χ2v) is 8.30. The molecule has 3 fully saturated rings. The number of ether oxygens (including phenoxy) is 2. The van der Waals surface area contributed by atoms with Crippen molar-refractivity contribution < 1.29 is 9.47 Å². The van der Waals surface area contributed by atoms with Gasteiger partial charge in [-0.1, -0.05) is 6.07 Å². The van der Waals surface area contributed by atoms with Crippen LogP contribution >= 0.6 is 0 Å². The lowest BCUT2D eigenvalue weighted by atomic mass is 9.87. The number of guanidine groups is 1. The van der Waals surface area contributed by atoms with Crippen LogP contribution in [0.5, 0.6) is 0 Å². The van der Waals surface area contributed by atoms with E-state index in [2.05, 4.69) is 46.1 Å². The molecule has 7 heteroatoms. The number of nitrogens with zero attached hydrogens (tertiary/aromatic N) is 4. The highest BCUT2D eigenvalue weighted by Gasteiger charge is 2.42. The fourth-order valence-corrected chi connectivity index (χ4v) is 4.40. The highest BCUT2D eigenvalue weighted by atomic mass is 16.5. The Labute approximate surface area is 168 Å². The molecule has 154 valence electrons. The minimum atomic E-state index is 0.261. The maximum Gasteiger partial charge on any atom is 0.194 e. The fourth-order valence-electron chi connectivity index (χ4n) is 4.40. The van der Waals surface area contributed by atoms with Gasteiger partial charge in [-0.15, -0.1) is 0 Å². The first-order valence-electron chi connectivity index (χ1n) is 10.6. The molecule has 2 unspecified atom stereocenters. The van der Waals surface area contributed by atoms with E-state index in [1.807, 2.05) is 6.20 Å². The van der Waals surface area contributed by atoms with Crippen LogP contribution in [0.2, 0.25) is 0 Å². The lowest BCUT2D eigenvalue weighted by Crippen LogP contribution is -2.41. The van der Waals surface area contributed by atoms with Gasteiger partial charge in [-0.05, 0) is 38.3 Å². The summed E-state index contributed by atoms with van der Waals surface area (Å²) in [6, 6.07) is 4.25.